The summed E-state index contributed by atoms with van der Waals surface area (Å²) in [5.41, 5.74) is 2.99. The van der Waals surface area contributed by atoms with Gasteiger partial charge in [0.25, 0.3) is 6.47 Å². The standard InChI is InChI=1S/C16H26N2O.C15H20N2O4.C2H6/c1-8-14(10-9-13(3)19-7)15-12(2)11-18(17-15)16(4,5)6;1-17(13-4-2-12(3-5-13)14(19)20)10-15(21-11-18)6-8-16-9-7-15;1-2/h8-9,11,14H,1,10H2,2-7H3;2-5,11,16H,6-10H2,1H3,(H,19,20);1-2H3/b13-9+;;. The number of hydrogen-bond donors (Lipinski definition) is 2. The van der Waals surface area contributed by atoms with Crippen molar-refractivity contribution in [3.8, 4) is 0 Å². The number of allylic oxidation sites excluding steroid dienone is 3. The van der Waals surface area contributed by atoms with Gasteiger partial charge in [0.2, 0.25) is 0 Å². The monoisotopic (exact) mass is 584 g/mol. The smallest absolute Gasteiger partial charge is 0.335 e. The number of anilines is 1. The first-order valence-corrected chi connectivity index (χ1v) is 14.6. The molecule has 1 atom stereocenters. The first-order valence-electron chi connectivity index (χ1n) is 14.6. The number of carbonyl (C=O) groups excluding carboxylic acids is 1. The molecular weight excluding hydrogens is 532 g/mol. The number of rotatable bonds is 11. The van der Waals surface area contributed by atoms with Crippen molar-refractivity contribution < 1.29 is 24.2 Å². The van der Waals surface area contributed by atoms with Crippen LogP contribution in [0, 0.1) is 6.92 Å². The van der Waals surface area contributed by atoms with Crippen molar-refractivity contribution in [1.29, 1.82) is 0 Å². The third-order valence-electron chi connectivity index (χ3n) is 7.13. The quantitative estimate of drug-likeness (QED) is 0.180. The summed E-state index contributed by atoms with van der Waals surface area (Å²) in [6.07, 6.45) is 8.56. The summed E-state index contributed by atoms with van der Waals surface area (Å²) >= 11 is 0. The van der Waals surface area contributed by atoms with Crippen molar-refractivity contribution in [2.24, 2.45) is 0 Å². The summed E-state index contributed by atoms with van der Waals surface area (Å²) in [7, 11) is 3.60. The average Bonchev–Trinajstić information content (AvgIpc) is 3.37. The molecule has 0 saturated carbocycles. The van der Waals surface area contributed by atoms with Gasteiger partial charge in [0.05, 0.1) is 36.2 Å². The molecule has 1 aliphatic heterocycles. The molecule has 2 aromatic rings. The van der Waals surface area contributed by atoms with E-state index < -0.39 is 11.6 Å². The van der Waals surface area contributed by atoms with Crippen molar-refractivity contribution in [3.63, 3.8) is 0 Å². The predicted octanol–water partition coefficient (Wildman–Crippen LogP) is 6.30. The van der Waals surface area contributed by atoms with E-state index in [4.69, 9.17) is 19.7 Å². The van der Waals surface area contributed by atoms with Crippen LogP contribution in [-0.4, -0.2) is 66.7 Å². The molecule has 0 spiro atoms. The lowest BCUT2D eigenvalue weighted by Crippen LogP contribution is -2.50. The van der Waals surface area contributed by atoms with Crippen molar-refractivity contribution in [2.75, 3.05) is 38.7 Å². The summed E-state index contributed by atoms with van der Waals surface area (Å²) in [6.45, 7) is 21.2. The van der Waals surface area contributed by atoms with Gasteiger partial charge in [-0.3, -0.25) is 9.48 Å². The number of carbonyl (C=O) groups is 2. The summed E-state index contributed by atoms with van der Waals surface area (Å²) in [6, 6.07) is 6.67. The predicted molar refractivity (Wildman–Crippen MR) is 170 cm³/mol. The molecule has 1 aliphatic rings. The molecule has 2 N–H and O–H groups in total. The second kappa shape index (κ2) is 17.4. The molecule has 9 nitrogen and oxygen atoms in total. The second-order valence-electron chi connectivity index (χ2n) is 11.3. The average molecular weight is 585 g/mol. The fraction of sp³-hybridized carbons (Fsp3) is 0.545. The van der Waals surface area contributed by atoms with Gasteiger partial charge in [-0.25, -0.2) is 4.79 Å². The Labute approximate surface area is 252 Å². The highest BCUT2D eigenvalue weighted by atomic mass is 16.5. The number of carboxylic acid groups (broad SMARTS) is 1. The van der Waals surface area contributed by atoms with Crippen LogP contribution in [0.5, 0.6) is 0 Å². The van der Waals surface area contributed by atoms with Crippen LogP contribution in [0.4, 0.5) is 5.69 Å². The zero-order chi connectivity index (χ0) is 31.9. The zero-order valence-electron chi connectivity index (χ0n) is 27.1. The van der Waals surface area contributed by atoms with E-state index in [1.54, 1.807) is 31.4 Å². The molecule has 9 heteroatoms. The number of nitrogens with zero attached hydrogens (tertiary/aromatic N) is 3. The van der Waals surface area contributed by atoms with Gasteiger partial charge in [-0.05, 0) is 90.0 Å². The minimum atomic E-state index is -0.941. The van der Waals surface area contributed by atoms with Gasteiger partial charge in [0.1, 0.15) is 5.60 Å². The number of piperidine rings is 1. The second-order valence-corrected chi connectivity index (χ2v) is 11.3. The van der Waals surface area contributed by atoms with E-state index in [2.05, 4.69) is 51.9 Å². The third kappa shape index (κ3) is 11.0. The molecule has 42 heavy (non-hydrogen) atoms. The lowest BCUT2D eigenvalue weighted by Gasteiger charge is -2.39. The van der Waals surface area contributed by atoms with E-state index in [0.29, 0.717) is 13.0 Å². The Morgan fingerprint density at radius 2 is 1.83 bits per heavy atom. The van der Waals surface area contributed by atoms with E-state index in [1.165, 1.54) is 5.56 Å². The number of aromatic carboxylic acids is 1. The van der Waals surface area contributed by atoms with Gasteiger partial charge in [-0.2, -0.15) is 5.10 Å². The van der Waals surface area contributed by atoms with Gasteiger partial charge in [0.15, 0.2) is 0 Å². The maximum Gasteiger partial charge on any atom is 0.335 e. The molecule has 1 aromatic heterocycles. The number of methoxy groups -OCH3 is 1. The topological polar surface area (TPSA) is 106 Å². The van der Waals surface area contributed by atoms with Crippen LogP contribution in [0.15, 0.2) is 55.0 Å². The van der Waals surface area contributed by atoms with Crippen molar-refractivity contribution >= 4 is 18.1 Å². The van der Waals surface area contributed by atoms with E-state index in [1.807, 2.05) is 43.5 Å². The Bertz CT molecular complexity index is 1140. The van der Waals surface area contributed by atoms with Crippen LogP contribution in [0.2, 0.25) is 0 Å². The summed E-state index contributed by atoms with van der Waals surface area (Å²) < 4.78 is 12.6. The van der Waals surface area contributed by atoms with E-state index >= 15 is 0 Å². The molecule has 0 bridgehead atoms. The van der Waals surface area contributed by atoms with Crippen LogP contribution in [0.1, 0.15) is 88.3 Å². The molecule has 0 amide bonds. The summed E-state index contributed by atoms with van der Waals surface area (Å²) in [4.78, 5) is 23.6. The van der Waals surface area contributed by atoms with E-state index in [-0.39, 0.29) is 17.0 Å². The Hall–Kier alpha value is -3.59. The first kappa shape index (κ1) is 36.4. The van der Waals surface area contributed by atoms with Crippen LogP contribution < -0.4 is 10.2 Å². The minimum Gasteiger partial charge on any atom is -0.502 e. The number of carboxylic acids is 1. The van der Waals surface area contributed by atoms with Gasteiger partial charge in [0, 0.05) is 37.7 Å². The largest absolute Gasteiger partial charge is 0.502 e. The Morgan fingerprint density at radius 1 is 1.24 bits per heavy atom. The van der Waals surface area contributed by atoms with Crippen molar-refractivity contribution in [1.82, 2.24) is 15.1 Å². The summed E-state index contributed by atoms with van der Waals surface area (Å²) in [5.74, 6) is 0.219. The lowest BCUT2D eigenvalue weighted by molar-refractivity contribution is -0.145. The van der Waals surface area contributed by atoms with Crippen molar-refractivity contribution in [2.45, 2.75) is 84.8 Å². The fourth-order valence-corrected chi connectivity index (χ4v) is 4.56. The zero-order valence-corrected chi connectivity index (χ0v) is 27.1. The minimum absolute atomic E-state index is 0.00696. The molecule has 3 rings (SSSR count). The Morgan fingerprint density at radius 3 is 2.29 bits per heavy atom. The lowest BCUT2D eigenvalue weighted by atomic mass is 9.91. The molecule has 0 aliphatic carbocycles. The number of benzene rings is 1. The first-order chi connectivity index (χ1) is 19.9. The van der Waals surface area contributed by atoms with Crippen LogP contribution >= 0.6 is 0 Å². The Kier molecular flexibility index (Phi) is 15.1. The fourth-order valence-electron chi connectivity index (χ4n) is 4.56. The van der Waals surface area contributed by atoms with Crippen molar-refractivity contribution in [3.05, 3.63) is 71.8 Å². The number of ether oxygens (including phenoxy) is 2. The van der Waals surface area contributed by atoms with Crippen LogP contribution in [0.25, 0.3) is 0 Å². The number of hydrogen-bond acceptors (Lipinski definition) is 7. The highest BCUT2D eigenvalue weighted by Gasteiger charge is 2.35. The maximum atomic E-state index is 10.9. The third-order valence-corrected chi connectivity index (χ3v) is 7.13. The highest BCUT2D eigenvalue weighted by Crippen LogP contribution is 2.27. The molecule has 1 unspecified atom stereocenters. The van der Waals surface area contributed by atoms with E-state index in [0.717, 1.165) is 49.5 Å². The van der Waals surface area contributed by atoms with Crippen LogP contribution in [0.3, 0.4) is 0 Å². The SMILES string of the molecule is C=CC(C/C=C(\C)OC)c1nn(C(C)(C)C)cc1C.CC.CN(CC1(OC=O)CCNCC1)c1ccc(C(=O)O)cc1. The molecule has 0 radical (unpaired) electrons. The van der Waals surface area contributed by atoms with Gasteiger partial charge < -0.3 is 24.8 Å². The normalized spacial score (nSPS) is 15.1. The number of nitrogens with one attached hydrogen (secondary N) is 1. The maximum absolute atomic E-state index is 10.9. The van der Waals surface area contributed by atoms with Gasteiger partial charge in [-0.15, -0.1) is 6.58 Å². The van der Waals surface area contributed by atoms with Gasteiger partial charge >= 0.3 is 5.97 Å². The van der Waals surface area contributed by atoms with Gasteiger partial charge in [-0.1, -0.05) is 19.9 Å². The summed E-state index contributed by atoms with van der Waals surface area (Å²) in [5, 5.41) is 16.9. The molecule has 234 valence electrons. The number of aryl methyl sites for hydroxylation is 1. The number of likely N-dealkylation sites (N-methyl/N-ethyl adjacent to an activating group) is 1. The molecule has 1 fully saturated rings. The molecular formula is C33H52N4O5. The number of aromatic nitrogens is 2. The molecule has 2 heterocycles. The Balaban J connectivity index is 0.000000399. The molecule has 1 saturated heterocycles. The molecule has 1 aromatic carbocycles. The van der Waals surface area contributed by atoms with Crippen LogP contribution in [-0.2, 0) is 19.8 Å². The highest BCUT2D eigenvalue weighted by molar-refractivity contribution is 5.88. The van der Waals surface area contributed by atoms with E-state index in [9.17, 15) is 9.59 Å².